The molecule has 0 aromatic carbocycles. The maximum atomic E-state index is 12.4. The number of hydrogen-bond acceptors (Lipinski definition) is 4. The van der Waals surface area contributed by atoms with E-state index in [2.05, 4.69) is 10.1 Å². The molecule has 110 valence electrons. The van der Waals surface area contributed by atoms with Gasteiger partial charge in [0.05, 0.1) is 6.20 Å². The maximum Gasteiger partial charge on any atom is 0.264 e. The fourth-order valence-electron chi connectivity index (χ4n) is 3.44. The Hall–Kier alpha value is -2.18. The average molecular weight is 287 g/mol. The molecule has 7 heteroatoms. The van der Waals surface area contributed by atoms with Gasteiger partial charge >= 0.3 is 0 Å². The van der Waals surface area contributed by atoms with E-state index in [0.29, 0.717) is 11.0 Å². The zero-order chi connectivity index (χ0) is 14.6. The first kappa shape index (κ1) is 12.6. The summed E-state index contributed by atoms with van der Waals surface area (Å²) in [6.45, 7) is 0.883. The summed E-state index contributed by atoms with van der Waals surface area (Å²) >= 11 is 0. The fourth-order valence-corrected chi connectivity index (χ4v) is 3.44. The van der Waals surface area contributed by atoms with E-state index < -0.39 is 0 Å². The molecule has 1 saturated heterocycles. The first-order valence-corrected chi connectivity index (χ1v) is 7.28. The van der Waals surface area contributed by atoms with Crippen molar-refractivity contribution in [1.82, 2.24) is 24.2 Å². The second-order valence-corrected chi connectivity index (χ2v) is 6.06. The Kier molecular flexibility index (Phi) is 2.49. The van der Waals surface area contributed by atoms with E-state index in [0.717, 1.165) is 25.8 Å². The highest BCUT2D eigenvalue weighted by molar-refractivity contribution is 5.79. The molecule has 1 saturated carbocycles. The van der Waals surface area contributed by atoms with Crippen LogP contribution in [-0.4, -0.2) is 42.2 Å². The summed E-state index contributed by atoms with van der Waals surface area (Å²) in [5.41, 5.74) is 0.458. The van der Waals surface area contributed by atoms with Crippen LogP contribution in [0.5, 0.6) is 0 Å². The molecule has 1 amide bonds. The monoisotopic (exact) mass is 287 g/mol. The van der Waals surface area contributed by atoms with Crippen LogP contribution in [0.4, 0.5) is 0 Å². The average Bonchev–Trinajstić information content (AvgIpc) is 2.72. The van der Waals surface area contributed by atoms with Gasteiger partial charge in [-0.3, -0.25) is 18.8 Å². The Labute approximate surface area is 121 Å². The minimum Gasteiger partial charge on any atom is -0.335 e. The molecular formula is C14H17N5O2. The van der Waals surface area contributed by atoms with Crippen LogP contribution in [0, 0.1) is 0 Å². The molecule has 1 aliphatic carbocycles. The standard InChI is InChI=1S/C14H17N5O2/c1-17-12-10(7-16-17)13(21)18(9-15-12)8-11(20)19-6-5-14(19)3-2-4-14/h7,9H,2-6,8H2,1H3. The molecular weight excluding hydrogens is 270 g/mol. The molecule has 0 atom stereocenters. The number of aromatic nitrogens is 4. The predicted molar refractivity (Wildman–Crippen MR) is 75.7 cm³/mol. The summed E-state index contributed by atoms with van der Waals surface area (Å²) in [5, 5.41) is 4.48. The number of likely N-dealkylation sites (tertiary alicyclic amines) is 1. The second-order valence-electron chi connectivity index (χ2n) is 6.06. The van der Waals surface area contributed by atoms with E-state index in [9.17, 15) is 9.59 Å². The molecule has 2 aromatic rings. The minimum atomic E-state index is -0.204. The third kappa shape index (κ3) is 1.66. The highest BCUT2D eigenvalue weighted by Crippen LogP contribution is 2.47. The van der Waals surface area contributed by atoms with Gasteiger partial charge in [0.25, 0.3) is 5.56 Å². The maximum absolute atomic E-state index is 12.4. The van der Waals surface area contributed by atoms with Crippen molar-refractivity contribution in [2.24, 2.45) is 7.05 Å². The third-order valence-corrected chi connectivity index (χ3v) is 4.98. The molecule has 4 rings (SSSR count). The van der Waals surface area contributed by atoms with Gasteiger partial charge in [-0.1, -0.05) is 0 Å². The van der Waals surface area contributed by atoms with E-state index >= 15 is 0 Å². The molecule has 1 aliphatic heterocycles. The smallest absolute Gasteiger partial charge is 0.264 e. The van der Waals surface area contributed by atoms with Crippen molar-refractivity contribution in [2.45, 2.75) is 37.8 Å². The van der Waals surface area contributed by atoms with Gasteiger partial charge in [-0.25, -0.2) is 4.98 Å². The molecule has 21 heavy (non-hydrogen) atoms. The SMILES string of the molecule is Cn1ncc2c(=O)n(CC(=O)N3CCC34CCC4)cnc21. The number of carbonyl (C=O) groups is 1. The molecule has 3 heterocycles. The molecule has 0 N–H and O–H groups in total. The van der Waals surface area contributed by atoms with Crippen LogP contribution >= 0.6 is 0 Å². The van der Waals surface area contributed by atoms with E-state index in [1.165, 1.54) is 23.5 Å². The molecule has 0 radical (unpaired) electrons. The lowest BCUT2D eigenvalue weighted by atomic mass is 9.68. The van der Waals surface area contributed by atoms with Crippen LogP contribution in [0.1, 0.15) is 25.7 Å². The van der Waals surface area contributed by atoms with E-state index in [4.69, 9.17) is 0 Å². The number of hydrogen-bond donors (Lipinski definition) is 0. The number of aryl methyl sites for hydroxylation is 1. The van der Waals surface area contributed by atoms with E-state index in [1.807, 2.05) is 4.90 Å². The van der Waals surface area contributed by atoms with Crippen LogP contribution in [0.3, 0.4) is 0 Å². The molecule has 2 aliphatic rings. The van der Waals surface area contributed by atoms with Crippen LogP contribution in [0.25, 0.3) is 11.0 Å². The summed E-state index contributed by atoms with van der Waals surface area (Å²) in [6, 6.07) is 0. The lowest BCUT2D eigenvalue weighted by Gasteiger charge is -2.58. The molecule has 2 fully saturated rings. The van der Waals surface area contributed by atoms with E-state index in [-0.39, 0.29) is 23.6 Å². The highest BCUT2D eigenvalue weighted by atomic mass is 16.2. The lowest BCUT2D eigenvalue weighted by molar-refractivity contribution is -0.156. The second kappa shape index (κ2) is 4.16. The Morgan fingerprint density at radius 3 is 2.81 bits per heavy atom. The van der Waals surface area contributed by atoms with E-state index in [1.54, 1.807) is 11.7 Å². The Morgan fingerprint density at radius 2 is 2.19 bits per heavy atom. The summed E-state index contributed by atoms with van der Waals surface area (Å²) in [6.07, 6.45) is 7.46. The Bertz CT molecular complexity index is 781. The Balaban J connectivity index is 1.61. The fraction of sp³-hybridized carbons (Fsp3) is 0.571. The molecule has 0 unspecified atom stereocenters. The quantitative estimate of drug-likeness (QED) is 0.795. The molecule has 0 bridgehead atoms. The van der Waals surface area contributed by atoms with Gasteiger partial charge in [0.15, 0.2) is 5.65 Å². The van der Waals surface area contributed by atoms with Crippen LogP contribution < -0.4 is 5.56 Å². The number of nitrogens with zero attached hydrogens (tertiary/aromatic N) is 5. The third-order valence-electron chi connectivity index (χ3n) is 4.98. The zero-order valence-electron chi connectivity index (χ0n) is 11.9. The van der Waals surface area contributed by atoms with Gasteiger partial charge in [0, 0.05) is 19.1 Å². The van der Waals surface area contributed by atoms with Crippen molar-refractivity contribution in [1.29, 1.82) is 0 Å². The largest absolute Gasteiger partial charge is 0.335 e. The minimum absolute atomic E-state index is 0.0214. The summed E-state index contributed by atoms with van der Waals surface area (Å²) < 4.78 is 2.94. The zero-order valence-corrected chi connectivity index (χ0v) is 11.9. The number of amides is 1. The highest BCUT2D eigenvalue weighted by Gasteiger charge is 2.50. The first-order chi connectivity index (χ1) is 10.1. The topological polar surface area (TPSA) is 73.0 Å². The number of carbonyl (C=O) groups excluding carboxylic acids is 1. The number of fused-ring (bicyclic) bond motifs is 1. The van der Waals surface area contributed by atoms with Crippen molar-refractivity contribution in [2.75, 3.05) is 6.54 Å². The number of rotatable bonds is 2. The van der Waals surface area contributed by atoms with Gasteiger partial charge < -0.3 is 4.90 Å². The van der Waals surface area contributed by atoms with Crippen molar-refractivity contribution in [3.05, 3.63) is 22.9 Å². The van der Waals surface area contributed by atoms with Crippen LogP contribution in [0.2, 0.25) is 0 Å². The van der Waals surface area contributed by atoms with Gasteiger partial charge in [-0.2, -0.15) is 5.10 Å². The normalized spacial score (nSPS) is 19.6. The van der Waals surface area contributed by atoms with Crippen LogP contribution in [0.15, 0.2) is 17.3 Å². The van der Waals surface area contributed by atoms with Crippen molar-refractivity contribution in [3.8, 4) is 0 Å². The van der Waals surface area contributed by atoms with Crippen LogP contribution in [-0.2, 0) is 18.4 Å². The predicted octanol–water partition coefficient (Wildman–Crippen LogP) is 0.285. The van der Waals surface area contributed by atoms with Crippen molar-refractivity contribution >= 4 is 16.9 Å². The summed E-state index contributed by atoms with van der Waals surface area (Å²) in [7, 11) is 1.74. The van der Waals surface area contributed by atoms with Gasteiger partial charge in [0.1, 0.15) is 18.3 Å². The first-order valence-electron chi connectivity index (χ1n) is 7.28. The lowest BCUT2D eigenvalue weighted by Crippen LogP contribution is -2.66. The summed E-state index contributed by atoms with van der Waals surface area (Å²) in [4.78, 5) is 30.9. The van der Waals surface area contributed by atoms with Crippen molar-refractivity contribution in [3.63, 3.8) is 0 Å². The Morgan fingerprint density at radius 1 is 1.38 bits per heavy atom. The van der Waals surface area contributed by atoms with Gasteiger partial charge in [0.2, 0.25) is 5.91 Å². The summed E-state index contributed by atoms with van der Waals surface area (Å²) in [5.74, 6) is 0.0214. The van der Waals surface area contributed by atoms with Gasteiger partial charge in [-0.15, -0.1) is 0 Å². The van der Waals surface area contributed by atoms with Gasteiger partial charge in [-0.05, 0) is 25.7 Å². The molecule has 7 nitrogen and oxygen atoms in total. The van der Waals surface area contributed by atoms with Crippen molar-refractivity contribution < 1.29 is 4.79 Å². The molecule has 2 aromatic heterocycles. The molecule has 1 spiro atoms.